The van der Waals surface area contributed by atoms with Crippen molar-refractivity contribution >= 4 is 11.6 Å². The van der Waals surface area contributed by atoms with Crippen molar-refractivity contribution in [2.24, 2.45) is 5.84 Å². The van der Waals surface area contributed by atoms with Gasteiger partial charge in [0.1, 0.15) is 5.82 Å². The number of nitrogens with two attached hydrogens (primary N) is 1. The summed E-state index contributed by atoms with van der Waals surface area (Å²) in [6, 6.07) is 8.30. The van der Waals surface area contributed by atoms with Gasteiger partial charge in [-0.2, -0.15) is 0 Å². The van der Waals surface area contributed by atoms with Crippen molar-refractivity contribution in [1.29, 1.82) is 0 Å². The third kappa shape index (κ3) is 2.75. The van der Waals surface area contributed by atoms with Crippen LogP contribution in [0.4, 0.5) is 11.6 Å². The molecule has 0 atom stereocenters. The molecule has 0 spiro atoms. The molecule has 0 saturated carbocycles. The van der Waals surface area contributed by atoms with Gasteiger partial charge in [0.05, 0.1) is 12.4 Å². The molecule has 0 bridgehead atoms. The van der Waals surface area contributed by atoms with Crippen LogP contribution in [-0.2, 0) is 6.54 Å². The summed E-state index contributed by atoms with van der Waals surface area (Å²) in [5.41, 5.74) is 5.04. The zero-order valence-corrected chi connectivity index (χ0v) is 10.6. The molecule has 0 radical (unpaired) electrons. The van der Waals surface area contributed by atoms with Crippen LogP contribution >= 0.6 is 0 Å². The van der Waals surface area contributed by atoms with E-state index in [2.05, 4.69) is 34.5 Å². The van der Waals surface area contributed by atoms with Crippen LogP contribution in [0.1, 0.15) is 11.1 Å². The summed E-state index contributed by atoms with van der Waals surface area (Å²) >= 11 is 0. The average Bonchev–Trinajstić information content (AvgIpc) is 2.41. The van der Waals surface area contributed by atoms with Crippen molar-refractivity contribution in [2.75, 3.05) is 17.4 Å². The second-order valence-electron chi connectivity index (χ2n) is 4.19. The molecule has 0 saturated heterocycles. The Labute approximate surface area is 107 Å². The standard InChI is InChI=1S/C13H17N5/c1-10-5-3-4-6-11(10)9-18(2)13-8-15-7-12(16-13)17-14/h3-8H,9,14H2,1-2H3,(H,16,17). The maximum absolute atomic E-state index is 5.32. The summed E-state index contributed by atoms with van der Waals surface area (Å²) in [5.74, 6) is 6.67. The Bertz CT molecular complexity index is 526. The molecule has 3 N–H and O–H groups in total. The number of rotatable bonds is 4. The number of hydrogen-bond acceptors (Lipinski definition) is 5. The van der Waals surface area contributed by atoms with Gasteiger partial charge in [0, 0.05) is 13.6 Å². The van der Waals surface area contributed by atoms with Crippen LogP contribution in [0, 0.1) is 6.92 Å². The Morgan fingerprint density at radius 2 is 2.06 bits per heavy atom. The monoisotopic (exact) mass is 243 g/mol. The largest absolute Gasteiger partial charge is 0.354 e. The lowest BCUT2D eigenvalue weighted by molar-refractivity contribution is 0.883. The molecule has 0 unspecified atom stereocenters. The van der Waals surface area contributed by atoms with Crippen molar-refractivity contribution in [3.05, 3.63) is 47.8 Å². The highest BCUT2D eigenvalue weighted by Crippen LogP contribution is 2.15. The molecule has 2 aromatic rings. The Morgan fingerprint density at radius 3 is 2.78 bits per heavy atom. The minimum Gasteiger partial charge on any atom is -0.354 e. The summed E-state index contributed by atoms with van der Waals surface area (Å²) in [6.45, 7) is 2.89. The van der Waals surface area contributed by atoms with Crippen LogP contribution in [0.15, 0.2) is 36.7 Å². The second-order valence-corrected chi connectivity index (χ2v) is 4.19. The molecule has 1 aromatic heterocycles. The van der Waals surface area contributed by atoms with Crippen LogP contribution in [-0.4, -0.2) is 17.0 Å². The summed E-state index contributed by atoms with van der Waals surface area (Å²) in [4.78, 5) is 10.5. The van der Waals surface area contributed by atoms with Gasteiger partial charge in [-0.25, -0.2) is 10.8 Å². The lowest BCUT2D eigenvalue weighted by atomic mass is 10.1. The average molecular weight is 243 g/mol. The van der Waals surface area contributed by atoms with Crippen LogP contribution in [0.2, 0.25) is 0 Å². The van der Waals surface area contributed by atoms with E-state index in [1.807, 2.05) is 24.1 Å². The van der Waals surface area contributed by atoms with E-state index in [4.69, 9.17) is 5.84 Å². The predicted octanol–water partition coefficient (Wildman–Crippen LogP) is 1.71. The Balaban J connectivity index is 2.16. The van der Waals surface area contributed by atoms with Crippen molar-refractivity contribution < 1.29 is 0 Å². The first kappa shape index (κ1) is 12.3. The van der Waals surface area contributed by atoms with Gasteiger partial charge in [-0.05, 0) is 18.1 Å². The molecular formula is C13H17N5. The van der Waals surface area contributed by atoms with Gasteiger partial charge in [0.2, 0.25) is 0 Å². The first-order valence-electron chi connectivity index (χ1n) is 5.75. The lowest BCUT2D eigenvalue weighted by Gasteiger charge is -2.19. The summed E-state index contributed by atoms with van der Waals surface area (Å²) in [6.07, 6.45) is 3.31. The van der Waals surface area contributed by atoms with Crippen molar-refractivity contribution in [3.8, 4) is 0 Å². The fraction of sp³-hybridized carbons (Fsp3) is 0.231. The first-order valence-corrected chi connectivity index (χ1v) is 5.75. The molecule has 0 aliphatic carbocycles. The van der Waals surface area contributed by atoms with E-state index >= 15 is 0 Å². The van der Waals surface area contributed by atoms with Crippen molar-refractivity contribution in [2.45, 2.75) is 13.5 Å². The number of hydrogen-bond donors (Lipinski definition) is 2. The third-order valence-electron chi connectivity index (χ3n) is 2.83. The molecule has 0 amide bonds. The summed E-state index contributed by atoms with van der Waals surface area (Å²) in [5, 5.41) is 0. The van der Waals surface area contributed by atoms with Gasteiger partial charge in [0.15, 0.2) is 5.82 Å². The van der Waals surface area contributed by atoms with E-state index in [9.17, 15) is 0 Å². The van der Waals surface area contributed by atoms with Crippen molar-refractivity contribution in [3.63, 3.8) is 0 Å². The van der Waals surface area contributed by atoms with E-state index in [-0.39, 0.29) is 0 Å². The highest BCUT2D eigenvalue weighted by Gasteiger charge is 2.06. The number of aryl methyl sites for hydroxylation is 1. The number of benzene rings is 1. The predicted molar refractivity (Wildman–Crippen MR) is 73.1 cm³/mol. The van der Waals surface area contributed by atoms with Gasteiger partial charge < -0.3 is 10.3 Å². The number of nitrogens with one attached hydrogen (secondary N) is 1. The van der Waals surface area contributed by atoms with Crippen LogP contribution in [0.3, 0.4) is 0 Å². The number of hydrazine groups is 1. The van der Waals surface area contributed by atoms with Gasteiger partial charge in [-0.1, -0.05) is 24.3 Å². The fourth-order valence-electron chi connectivity index (χ4n) is 1.73. The summed E-state index contributed by atoms with van der Waals surface area (Å²) in [7, 11) is 1.98. The normalized spacial score (nSPS) is 10.2. The zero-order chi connectivity index (χ0) is 13.0. The highest BCUT2D eigenvalue weighted by molar-refractivity contribution is 5.43. The molecule has 5 heteroatoms. The Hall–Kier alpha value is -2.14. The van der Waals surface area contributed by atoms with Crippen LogP contribution in [0.25, 0.3) is 0 Å². The third-order valence-corrected chi connectivity index (χ3v) is 2.83. The van der Waals surface area contributed by atoms with E-state index in [1.165, 1.54) is 11.1 Å². The molecule has 1 aromatic carbocycles. The number of anilines is 2. The number of nitrogens with zero attached hydrogens (tertiary/aromatic N) is 3. The fourth-order valence-corrected chi connectivity index (χ4v) is 1.73. The quantitative estimate of drug-likeness (QED) is 0.632. The zero-order valence-electron chi connectivity index (χ0n) is 10.6. The molecule has 94 valence electrons. The minimum atomic E-state index is 0.559. The molecule has 1 heterocycles. The summed E-state index contributed by atoms with van der Waals surface area (Å²) < 4.78 is 0. The smallest absolute Gasteiger partial charge is 0.160 e. The minimum absolute atomic E-state index is 0.559. The first-order chi connectivity index (χ1) is 8.70. The van der Waals surface area contributed by atoms with Gasteiger partial charge in [-0.3, -0.25) is 4.98 Å². The molecule has 0 aliphatic heterocycles. The lowest BCUT2D eigenvalue weighted by Crippen LogP contribution is -2.19. The number of aromatic nitrogens is 2. The molecule has 0 fully saturated rings. The van der Waals surface area contributed by atoms with E-state index in [0.29, 0.717) is 5.82 Å². The van der Waals surface area contributed by atoms with Crippen molar-refractivity contribution in [1.82, 2.24) is 9.97 Å². The molecule has 0 aliphatic rings. The highest BCUT2D eigenvalue weighted by atomic mass is 15.3. The number of nitrogen functional groups attached to an aromatic ring is 1. The maximum atomic E-state index is 5.32. The van der Waals surface area contributed by atoms with E-state index in [0.717, 1.165) is 12.4 Å². The van der Waals surface area contributed by atoms with E-state index < -0.39 is 0 Å². The van der Waals surface area contributed by atoms with Crippen LogP contribution in [0.5, 0.6) is 0 Å². The van der Waals surface area contributed by atoms with Gasteiger partial charge in [-0.15, -0.1) is 0 Å². The van der Waals surface area contributed by atoms with Gasteiger partial charge in [0.25, 0.3) is 0 Å². The topological polar surface area (TPSA) is 67.1 Å². The molecule has 2 rings (SSSR count). The Kier molecular flexibility index (Phi) is 3.74. The molecule has 18 heavy (non-hydrogen) atoms. The van der Waals surface area contributed by atoms with Gasteiger partial charge >= 0.3 is 0 Å². The second kappa shape index (κ2) is 5.46. The van der Waals surface area contributed by atoms with Crippen LogP contribution < -0.4 is 16.2 Å². The SMILES string of the molecule is Cc1ccccc1CN(C)c1cncc(NN)n1. The molecular weight excluding hydrogens is 226 g/mol. The molecule has 5 nitrogen and oxygen atoms in total. The van der Waals surface area contributed by atoms with E-state index in [1.54, 1.807) is 12.4 Å². The Morgan fingerprint density at radius 1 is 1.28 bits per heavy atom. The maximum Gasteiger partial charge on any atom is 0.160 e.